The van der Waals surface area contributed by atoms with Gasteiger partial charge in [0.15, 0.2) is 0 Å². The first-order valence-electron chi connectivity index (χ1n) is 8.12. The largest absolute Gasteiger partial charge is 0.459 e. The van der Waals surface area contributed by atoms with Gasteiger partial charge in [-0.2, -0.15) is 0 Å². The van der Waals surface area contributed by atoms with E-state index >= 15 is 0 Å². The maximum Gasteiger partial charge on any atom is 0.340 e. The van der Waals surface area contributed by atoms with Crippen LogP contribution in [0.4, 0.5) is 11.4 Å². The molecule has 2 aromatic carbocycles. The van der Waals surface area contributed by atoms with Gasteiger partial charge in [-0.1, -0.05) is 49.8 Å². The van der Waals surface area contributed by atoms with Gasteiger partial charge in [0.2, 0.25) is 0 Å². The molecular weight excluding hydrogens is 356 g/mol. The van der Waals surface area contributed by atoms with Crippen LogP contribution < -0.4 is 11.1 Å². The van der Waals surface area contributed by atoms with Crippen LogP contribution >= 0.6 is 23.8 Å². The Kier molecular flexibility index (Phi) is 6.79. The molecule has 0 spiro atoms. The number of ether oxygens (including phenoxy) is 1. The lowest BCUT2D eigenvalue weighted by Crippen LogP contribution is -2.17. The van der Waals surface area contributed by atoms with Gasteiger partial charge in [-0.05, 0) is 43.2 Å². The van der Waals surface area contributed by atoms with Gasteiger partial charge in [0.1, 0.15) is 11.1 Å². The summed E-state index contributed by atoms with van der Waals surface area (Å²) in [6.07, 6.45) is 1.40. The van der Waals surface area contributed by atoms with Gasteiger partial charge in [-0.3, -0.25) is 0 Å². The summed E-state index contributed by atoms with van der Waals surface area (Å²) >= 11 is 11.6. The monoisotopic (exact) mass is 376 g/mol. The highest BCUT2D eigenvalue weighted by Crippen LogP contribution is 2.24. The predicted octanol–water partition coefficient (Wildman–Crippen LogP) is 5.06. The van der Waals surface area contributed by atoms with Crippen LogP contribution in [0.5, 0.6) is 0 Å². The Morgan fingerprint density at radius 2 is 1.88 bits per heavy atom. The van der Waals surface area contributed by atoms with E-state index in [1.54, 1.807) is 24.3 Å². The number of nitrogens with one attached hydrogen (secondary N) is 1. The molecule has 0 atom stereocenters. The van der Waals surface area contributed by atoms with Gasteiger partial charge in [-0.25, -0.2) is 4.79 Å². The second-order valence-corrected chi connectivity index (χ2v) is 6.40. The standard InChI is InChI=1S/C19H21ClN2O2S/c1-3-13(4-2)24-19(23)15-11-12(9-10-16(15)20)22-18(25)14-7-5-6-8-17(14)21/h5-11,13H,3-4,21H2,1-2H3,(H,22,25). The van der Waals surface area contributed by atoms with Crippen molar-refractivity contribution in [2.75, 3.05) is 11.1 Å². The molecule has 2 rings (SSSR count). The van der Waals surface area contributed by atoms with Crippen molar-refractivity contribution in [2.24, 2.45) is 0 Å². The zero-order valence-electron chi connectivity index (χ0n) is 14.2. The Morgan fingerprint density at radius 3 is 2.52 bits per heavy atom. The predicted molar refractivity (Wildman–Crippen MR) is 107 cm³/mol. The van der Waals surface area contributed by atoms with E-state index in [4.69, 9.17) is 34.3 Å². The molecule has 2 aromatic rings. The molecule has 0 saturated carbocycles. The van der Waals surface area contributed by atoms with E-state index in [0.29, 0.717) is 26.9 Å². The summed E-state index contributed by atoms with van der Waals surface area (Å²) in [4.78, 5) is 12.8. The van der Waals surface area contributed by atoms with Gasteiger partial charge < -0.3 is 15.8 Å². The second kappa shape index (κ2) is 8.83. The maximum absolute atomic E-state index is 12.4. The fourth-order valence-corrected chi connectivity index (χ4v) is 2.83. The topological polar surface area (TPSA) is 64.3 Å². The summed E-state index contributed by atoms with van der Waals surface area (Å²) in [5, 5.41) is 3.43. The lowest BCUT2D eigenvalue weighted by Gasteiger charge is -2.16. The molecule has 0 aliphatic carbocycles. The summed E-state index contributed by atoms with van der Waals surface area (Å²) < 4.78 is 5.48. The van der Waals surface area contributed by atoms with Gasteiger partial charge in [0.05, 0.1) is 10.6 Å². The molecule has 0 amide bonds. The molecule has 0 fully saturated rings. The number of nitrogens with two attached hydrogens (primary N) is 1. The lowest BCUT2D eigenvalue weighted by atomic mass is 10.1. The third-order valence-electron chi connectivity index (χ3n) is 3.83. The van der Waals surface area contributed by atoms with Crippen molar-refractivity contribution < 1.29 is 9.53 Å². The third-order valence-corrected chi connectivity index (χ3v) is 4.49. The van der Waals surface area contributed by atoms with Crippen molar-refractivity contribution in [1.29, 1.82) is 0 Å². The van der Waals surface area contributed by atoms with Crippen LogP contribution in [0, 0.1) is 0 Å². The summed E-state index contributed by atoms with van der Waals surface area (Å²) in [5.41, 5.74) is 8.21. The fraction of sp³-hybridized carbons (Fsp3) is 0.263. The van der Waals surface area contributed by atoms with Gasteiger partial charge in [-0.15, -0.1) is 0 Å². The van der Waals surface area contributed by atoms with Crippen molar-refractivity contribution in [2.45, 2.75) is 32.8 Å². The number of hydrogen-bond acceptors (Lipinski definition) is 4. The van der Waals surface area contributed by atoms with Crippen LogP contribution in [0.3, 0.4) is 0 Å². The Morgan fingerprint density at radius 1 is 1.20 bits per heavy atom. The van der Waals surface area contributed by atoms with Crippen molar-refractivity contribution >= 4 is 46.2 Å². The van der Waals surface area contributed by atoms with E-state index < -0.39 is 5.97 Å². The highest BCUT2D eigenvalue weighted by Gasteiger charge is 2.17. The molecule has 132 valence electrons. The van der Waals surface area contributed by atoms with E-state index in [1.807, 2.05) is 32.0 Å². The first-order chi connectivity index (χ1) is 12.0. The maximum atomic E-state index is 12.4. The zero-order chi connectivity index (χ0) is 18.4. The smallest absolute Gasteiger partial charge is 0.340 e. The fourth-order valence-electron chi connectivity index (χ4n) is 2.33. The Balaban J connectivity index is 2.19. The van der Waals surface area contributed by atoms with Crippen LogP contribution in [-0.4, -0.2) is 17.1 Å². The lowest BCUT2D eigenvalue weighted by molar-refractivity contribution is 0.0284. The molecule has 0 radical (unpaired) electrons. The number of anilines is 2. The average Bonchev–Trinajstić information content (AvgIpc) is 2.61. The van der Waals surface area contributed by atoms with Gasteiger partial charge >= 0.3 is 5.97 Å². The van der Waals surface area contributed by atoms with E-state index in [-0.39, 0.29) is 6.10 Å². The molecular formula is C19H21ClN2O2S. The summed E-state index contributed by atoms with van der Waals surface area (Å²) in [5.74, 6) is -0.438. The number of hydrogen-bond donors (Lipinski definition) is 2. The molecule has 0 heterocycles. The SMILES string of the molecule is CCC(CC)OC(=O)c1cc(NC(=S)c2ccccc2N)ccc1Cl. The number of carbonyl (C=O) groups excluding carboxylic acids is 1. The van der Waals surface area contributed by atoms with Crippen molar-refractivity contribution in [3.63, 3.8) is 0 Å². The van der Waals surface area contributed by atoms with Crippen molar-refractivity contribution in [3.05, 3.63) is 58.6 Å². The van der Waals surface area contributed by atoms with Crippen LogP contribution in [0.2, 0.25) is 5.02 Å². The number of para-hydroxylation sites is 1. The minimum Gasteiger partial charge on any atom is -0.459 e. The van der Waals surface area contributed by atoms with E-state index in [0.717, 1.165) is 18.4 Å². The van der Waals surface area contributed by atoms with Crippen LogP contribution in [0.1, 0.15) is 42.6 Å². The van der Waals surface area contributed by atoms with Crippen LogP contribution in [0.15, 0.2) is 42.5 Å². The van der Waals surface area contributed by atoms with E-state index in [1.165, 1.54) is 0 Å². The number of nitrogen functional groups attached to an aromatic ring is 1. The van der Waals surface area contributed by atoms with Gasteiger partial charge in [0, 0.05) is 16.9 Å². The average molecular weight is 377 g/mol. The van der Waals surface area contributed by atoms with Crippen molar-refractivity contribution in [1.82, 2.24) is 0 Å². The molecule has 4 nitrogen and oxygen atoms in total. The third kappa shape index (κ3) is 4.94. The Hall–Kier alpha value is -2.11. The zero-order valence-corrected chi connectivity index (χ0v) is 15.8. The summed E-state index contributed by atoms with van der Waals surface area (Å²) in [7, 11) is 0. The highest BCUT2D eigenvalue weighted by molar-refractivity contribution is 7.81. The quantitative estimate of drug-likeness (QED) is 0.419. The number of carbonyl (C=O) groups is 1. The highest BCUT2D eigenvalue weighted by atomic mass is 35.5. The van der Waals surface area contributed by atoms with Crippen molar-refractivity contribution in [3.8, 4) is 0 Å². The number of thiocarbonyl (C=S) groups is 1. The van der Waals surface area contributed by atoms with E-state index in [2.05, 4.69) is 5.32 Å². The molecule has 25 heavy (non-hydrogen) atoms. The Bertz CT molecular complexity index is 776. The Labute approximate surface area is 158 Å². The first kappa shape index (κ1) is 19.2. The first-order valence-corrected chi connectivity index (χ1v) is 8.91. The molecule has 3 N–H and O–H groups in total. The normalized spacial score (nSPS) is 10.6. The number of benzene rings is 2. The number of rotatable bonds is 6. The van der Waals surface area contributed by atoms with Crippen LogP contribution in [0.25, 0.3) is 0 Å². The molecule has 0 bridgehead atoms. The van der Waals surface area contributed by atoms with E-state index in [9.17, 15) is 4.79 Å². The minimum atomic E-state index is -0.438. The molecule has 0 unspecified atom stereocenters. The number of esters is 1. The minimum absolute atomic E-state index is 0.120. The van der Waals surface area contributed by atoms with Gasteiger partial charge in [0.25, 0.3) is 0 Å². The second-order valence-electron chi connectivity index (χ2n) is 5.58. The molecule has 0 aliphatic heterocycles. The number of halogens is 1. The van der Waals surface area contributed by atoms with Crippen LogP contribution in [-0.2, 0) is 4.74 Å². The summed E-state index contributed by atoms with van der Waals surface area (Å²) in [6.45, 7) is 3.95. The summed E-state index contributed by atoms with van der Waals surface area (Å²) in [6, 6.07) is 12.4. The molecule has 0 saturated heterocycles. The molecule has 0 aromatic heterocycles. The molecule has 6 heteroatoms. The molecule has 0 aliphatic rings.